The van der Waals surface area contributed by atoms with Gasteiger partial charge in [0.15, 0.2) is 5.84 Å². The van der Waals surface area contributed by atoms with E-state index in [2.05, 4.69) is 17.4 Å². The Morgan fingerprint density at radius 2 is 2.38 bits per heavy atom. The van der Waals surface area contributed by atoms with E-state index in [1.54, 1.807) is 7.11 Å². The molecule has 0 aromatic heterocycles. The van der Waals surface area contributed by atoms with Gasteiger partial charge in [0.25, 0.3) is 0 Å². The number of nitrogens with zero attached hydrogens (tertiary/aromatic N) is 1. The average Bonchev–Trinajstić information content (AvgIpc) is 2.14. The van der Waals surface area contributed by atoms with Crippen LogP contribution in [0.3, 0.4) is 0 Å². The minimum atomic E-state index is 0.192. The molecule has 0 heterocycles. The van der Waals surface area contributed by atoms with E-state index in [1.165, 1.54) is 0 Å². The van der Waals surface area contributed by atoms with Gasteiger partial charge in [-0.1, -0.05) is 18.5 Å². The van der Waals surface area contributed by atoms with E-state index in [0.29, 0.717) is 13.2 Å². The highest BCUT2D eigenvalue weighted by molar-refractivity contribution is 5.81. The number of ether oxygens (including phenoxy) is 1. The first-order chi connectivity index (χ1) is 6.24. The Bertz CT molecular complexity index is 144. The molecule has 0 aliphatic rings. The van der Waals surface area contributed by atoms with Crippen molar-refractivity contribution in [3.05, 3.63) is 0 Å². The molecule has 78 valence electrons. The third-order valence-corrected chi connectivity index (χ3v) is 1.71. The molecule has 0 saturated heterocycles. The molecular formula is C8H19N3O2. The summed E-state index contributed by atoms with van der Waals surface area (Å²) >= 11 is 0. The maximum Gasteiger partial charge on any atom is 0.153 e. The van der Waals surface area contributed by atoms with Gasteiger partial charge in [0.2, 0.25) is 0 Å². The van der Waals surface area contributed by atoms with E-state index < -0.39 is 0 Å². The molecule has 0 rings (SSSR count). The van der Waals surface area contributed by atoms with Crippen LogP contribution in [0.1, 0.15) is 19.8 Å². The van der Waals surface area contributed by atoms with Crippen LogP contribution in [0, 0.1) is 0 Å². The number of hydrogen-bond acceptors (Lipinski definition) is 4. The average molecular weight is 189 g/mol. The molecule has 0 radical (unpaired) electrons. The van der Waals surface area contributed by atoms with E-state index >= 15 is 0 Å². The van der Waals surface area contributed by atoms with Crippen molar-refractivity contribution >= 4 is 5.84 Å². The third kappa shape index (κ3) is 6.36. The van der Waals surface area contributed by atoms with Crippen molar-refractivity contribution < 1.29 is 9.94 Å². The summed E-state index contributed by atoms with van der Waals surface area (Å²) in [6.07, 6.45) is 2.10. The molecule has 0 aromatic carbocycles. The Hall–Kier alpha value is -0.810. The van der Waals surface area contributed by atoms with Crippen LogP contribution in [-0.4, -0.2) is 37.3 Å². The Kier molecular flexibility index (Phi) is 7.33. The summed E-state index contributed by atoms with van der Waals surface area (Å²) in [4.78, 5) is 0. The highest BCUT2D eigenvalue weighted by Crippen LogP contribution is 1.96. The number of rotatable bonds is 7. The predicted octanol–water partition coefficient (Wildman–Crippen LogP) is 0.138. The molecule has 0 fully saturated rings. The molecule has 1 unspecified atom stereocenters. The number of nitrogens with two attached hydrogens (primary N) is 1. The van der Waals surface area contributed by atoms with Gasteiger partial charge in [-0.15, -0.1) is 0 Å². The number of methoxy groups -OCH3 is 1. The van der Waals surface area contributed by atoms with Gasteiger partial charge in [-0.05, 0) is 6.42 Å². The van der Waals surface area contributed by atoms with E-state index in [-0.39, 0.29) is 11.9 Å². The maximum atomic E-state index is 8.30. The molecule has 0 amide bonds. The highest BCUT2D eigenvalue weighted by atomic mass is 16.5. The second-order valence-corrected chi connectivity index (χ2v) is 2.91. The van der Waals surface area contributed by atoms with Crippen molar-refractivity contribution in [3.63, 3.8) is 0 Å². The number of nitrogens with one attached hydrogen (secondary N) is 1. The van der Waals surface area contributed by atoms with Crippen LogP contribution in [0.15, 0.2) is 5.16 Å². The van der Waals surface area contributed by atoms with Gasteiger partial charge in [-0.3, -0.25) is 0 Å². The fraction of sp³-hybridized carbons (Fsp3) is 0.875. The van der Waals surface area contributed by atoms with Crippen LogP contribution in [0.25, 0.3) is 0 Å². The SMILES string of the molecule is CCCC(COC)NCC(N)=NO. The van der Waals surface area contributed by atoms with Crippen molar-refractivity contribution in [2.45, 2.75) is 25.8 Å². The largest absolute Gasteiger partial charge is 0.409 e. The second-order valence-electron chi connectivity index (χ2n) is 2.91. The molecule has 0 bridgehead atoms. The van der Waals surface area contributed by atoms with Crippen molar-refractivity contribution in [1.29, 1.82) is 0 Å². The topological polar surface area (TPSA) is 79.9 Å². The van der Waals surface area contributed by atoms with Crippen LogP contribution in [-0.2, 0) is 4.74 Å². The minimum Gasteiger partial charge on any atom is -0.409 e. The first kappa shape index (κ1) is 12.2. The van der Waals surface area contributed by atoms with E-state index in [9.17, 15) is 0 Å². The van der Waals surface area contributed by atoms with Crippen LogP contribution in [0.2, 0.25) is 0 Å². The van der Waals surface area contributed by atoms with Crippen molar-refractivity contribution in [3.8, 4) is 0 Å². The van der Waals surface area contributed by atoms with Gasteiger partial charge in [-0.2, -0.15) is 0 Å². The number of hydrogen-bond donors (Lipinski definition) is 3. The lowest BCUT2D eigenvalue weighted by Gasteiger charge is -2.16. The molecule has 0 aromatic rings. The van der Waals surface area contributed by atoms with Crippen molar-refractivity contribution in [2.24, 2.45) is 10.9 Å². The molecule has 5 heteroatoms. The molecule has 4 N–H and O–H groups in total. The zero-order valence-electron chi connectivity index (χ0n) is 8.29. The first-order valence-corrected chi connectivity index (χ1v) is 4.43. The minimum absolute atomic E-state index is 0.192. The summed E-state index contributed by atoms with van der Waals surface area (Å²) in [5, 5.41) is 14.3. The van der Waals surface area contributed by atoms with E-state index in [4.69, 9.17) is 15.7 Å². The molecule has 0 aliphatic heterocycles. The lowest BCUT2D eigenvalue weighted by atomic mass is 10.2. The summed E-state index contributed by atoms with van der Waals surface area (Å²) in [5.41, 5.74) is 5.31. The van der Waals surface area contributed by atoms with E-state index in [1.807, 2.05) is 0 Å². The Balaban J connectivity index is 3.67. The summed E-state index contributed by atoms with van der Waals surface area (Å²) in [6, 6.07) is 0.273. The smallest absolute Gasteiger partial charge is 0.153 e. The normalized spacial score (nSPS) is 14.5. The van der Waals surface area contributed by atoms with Gasteiger partial charge in [0.05, 0.1) is 13.2 Å². The maximum absolute atomic E-state index is 8.30. The van der Waals surface area contributed by atoms with Crippen molar-refractivity contribution in [1.82, 2.24) is 5.32 Å². The number of oxime groups is 1. The predicted molar refractivity (Wildman–Crippen MR) is 52.0 cm³/mol. The van der Waals surface area contributed by atoms with E-state index in [0.717, 1.165) is 12.8 Å². The monoisotopic (exact) mass is 189 g/mol. The summed E-state index contributed by atoms with van der Waals surface area (Å²) in [5.74, 6) is 0.192. The molecular weight excluding hydrogens is 170 g/mol. The second kappa shape index (κ2) is 7.82. The lowest BCUT2D eigenvalue weighted by molar-refractivity contribution is 0.164. The fourth-order valence-corrected chi connectivity index (χ4v) is 1.08. The third-order valence-electron chi connectivity index (χ3n) is 1.71. The van der Waals surface area contributed by atoms with Gasteiger partial charge < -0.3 is 21.0 Å². The van der Waals surface area contributed by atoms with Crippen molar-refractivity contribution in [2.75, 3.05) is 20.3 Å². The van der Waals surface area contributed by atoms with Gasteiger partial charge in [0, 0.05) is 13.2 Å². The molecule has 0 aliphatic carbocycles. The zero-order valence-corrected chi connectivity index (χ0v) is 8.29. The molecule has 0 saturated carbocycles. The van der Waals surface area contributed by atoms with Gasteiger partial charge in [-0.25, -0.2) is 0 Å². The molecule has 13 heavy (non-hydrogen) atoms. The number of amidine groups is 1. The van der Waals surface area contributed by atoms with Crippen LogP contribution >= 0.6 is 0 Å². The molecule has 1 atom stereocenters. The Labute approximate surface area is 78.9 Å². The lowest BCUT2D eigenvalue weighted by Crippen LogP contribution is -2.39. The summed E-state index contributed by atoms with van der Waals surface area (Å²) in [7, 11) is 1.66. The van der Waals surface area contributed by atoms with Gasteiger partial charge >= 0.3 is 0 Å². The van der Waals surface area contributed by atoms with Crippen LogP contribution in [0.4, 0.5) is 0 Å². The standard InChI is InChI=1S/C8H19N3O2/c1-3-4-7(6-13-2)10-5-8(9)11-12/h7,10,12H,3-6H2,1-2H3,(H2,9,11). The molecule has 5 nitrogen and oxygen atoms in total. The zero-order chi connectivity index (χ0) is 10.1. The van der Waals surface area contributed by atoms with Crippen LogP contribution in [0.5, 0.6) is 0 Å². The quantitative estimate of drug-likeness (QED) is 0.230. The first-order valence-electron chi connectivity index (χ1n) is 4.43. The molecule has 0 spiro atoms. The van der Waals surface area contributed by atoms with Crippen LogP contribution < -0.4 is 11.1 Å². The Morgan fingerprint density at radius 3 is 2.85 bits per heavy atom. The summed E-state index contributed by atoms with van der Waals surface area (Å²) < 4.78 is 5.02. The highest BCUT2D eigenvalue weighted by Gasteiger charge is 2.06. The Morgan fingerprint density at radius 1 is 1.69 bits per heavy atom. The summed E-state index contributed by atoms with van der Waals surface area (Å²) in [6.45, 7) is 3.14. The van der Waals surface area contributed by atoms with Gasteiger partial charge in [0.1, 0.15) is 0 Å². The fourth-order valence-electron chi connectivity index (χ4n) is 1.08.